The molecule has 2 rings (SSSR count). The number of nitriles is 1. The van der Waals surface area contributed by atoms with E-state index in [9.17, 15) is 10.1 Å². The van der Waals surface area contributed by atoms with Crippen LogP contribution in [0.3, 0.4) is 0 Å². The van der Waals surface area contributed by atoms with Crippen LogP contribution in [0.4, 0.5) is 0 Å². The molecule has 2 aromatic rings. The van der Waals surface area contributed by atoms with Crippen LogP contribution in [-0.2, 0) is 0 Å². The average Bonchev–Trinajstić information content (AvgIpc) is 2.65. The predicted octanol–water partition coefficient (Wildman–Crippen LogP) is 3.86. The van der Waals surface area contributed by atoms with E-state index in [-0.39, 0.29) is 12.2 Å². The normalized spacial score (nSPS) is 10.5. The zero-order chi connectivity index (χ0) is 18.9. The summed E-state index contributed by atoms with van der Waals surface area (Å²) in [5.41, 5.74) is 1.95. The van der Waals surface area contributed by atoms with Crippen LogP contribution in [0, 0.1) is 23.7 Å². The molecule has 0 unspecified atom stereocenters. The summed E-state index contributed by atoms with van der Waals surface area (Å²) < 4.78 is 11.0. The molecule has 0 saturated heterocycles. The van der Waals surface area contributed by atoms with Crippen LogP contribution in [-0.4, -0.2) is 24.3 Å². The van der Waals surface area contributed by atoms with Gasteiger partial charge in [0.05, 0.1) is 23.8 Å². The highest BCUT2D eigenvalue weighted by atomic mass is 16.5. The highest BCUT2D eigenvalue weighted by Crippen LogP contribution is 2.30. The highest BCUT2D eigenvalue weighted by Gasteiger charge is 2.08. The summed E-state index contributed by atoms with van der Waals surface area (Å²) in [6.07, 6.45) is 6.91. The number of carbonyl (C=O) groups is 1. The lowest BCUT2D eigenvalue weighted by Gasteiger charge is -2.11. The van der Waals surface area contributed by atoms with Gasteiger partial charge < -0.3 is 14.6 Å². The molecule has 5 heteroatoms. The third-order valence-corrected chi connectivity index (χ3v) is 3.45. The number of ether oxygens (including phenoxy) is 2. The lowest BCUT2D eigenvalue weighted by atomic mass is 10.0. The van der Waals surface area contributed by atoms with Crippen molar-refractivity contribution in [1.82, 2.24) is 0 Å². The van der Waals surface area contributed by atoms with Gasteiger partial charge in [0.1, 0.15) is 6.61 Å². The van der Waals surface area contributed by atoms with E-state index in [1.807, 2.05) is 6.92 Å². The first kappa shape index (κ1) is 18.6. The lowest BCUT2D eigenvalue weighted by molar-refractivity contribution is 0.0697. The van der Waals surface area contributed by atoms with E-state index in [0.29, 0.717) is 29.2 Å². The molecular weight excluding hydrogens is 330 g/mol. The molecule has 0 heterocycles. The van der Waals surface area contributed by atoms with Crippen molar-refractivity contribution < 1.29 is 19.4 Å². The molecule has 0 atom stereocenters. The van der Waals surface area contributed by atoms with Gasteiger partial charge in [0.2, 0.25) is 0 Å². The second-order valence-electron chi connectivity index (χ2n) is 5.18. The predicted molar refractivity (Wildman–Crippen MR) is 98.8 cm³/mol. The molecule has 0 aliphatic heterocycles. The van der Waals surface area contributed by atoms with Gasteiger partial charge >= 0.3 is 5.97 Å². The number of carboxylic acid groups (broad SMARTS) is 1. The maximum absolute atomic E-state index is 10.9. The number of hydrogen-bond donors (Lipinski definition) is 1. The number of hydrogen-bond acceptors (Lipinski definition) is 4. The Bertz CT molecular complexity index is 899. The van der Waals surface area contributed by atoms with E-state index < -0.39 is 5.97 Å². The summed E-state index contributed by atoms with van der Waals surface area (Å²) in [6, 6.07) is 13.5. The zero-order valence-corrected chi connectivity index (χ0v) is 14.2. The van der Waals surface area contributed by atoms with Crippen LogP contribution < -0.4 is 9.47 Å². The Hall–Kier alpha value is -3.70. The summed E-state index contributed by atoms with van der Waals surface area (Å²) in [6.45, 7) is 2.45. The molecule has 0 bridgehead atoms. The third kappa shape index (κ3) is 4.66. The largest absolute Gasteiger partial charge is 0.490 e. The van der Waals surface area contributed by atoms with E-state index in [4.69, 9.17) is 21.0 Å². The number of allylic oxidation sites excluding steroid dienone is 1. The fraction of sp³-hybridized carbons (Fsp3) is 0.143. The quantitative estimate of drug-likeness (QED) is 0.467. The molecule has 0 saturated carbocycles. The zero-order valence-electron chi connectivity index (χ0n) is 14.2. The van der Waals surface area contributed by atoms with Gasteiger partial charge in [-0.25, -0.2) is 4.79 Å². The Morgan fingerprint density at radius 1 is 1.15 bits per heavy atom. The molecule has 0 radical (unpaired) electrons. The molecule has 0 aromatic heterocycles. The van der Waals surface area contributed by atoms with Crippen molar-refractivity contribution in [2.75, 3.05) is 13.2 Å². The van der Waals surface area contributed by atoms with Crippen molar-refractivity contribution in [2.24, 2.45) is 0 Å². The maximum Gasteiger partial charge on any atom is 0.335 e. The smallest absolute Gasteiger partial charge is 0.335 e. The second kappa shape index (κ2) is 8.96. The molecule has 0 spiro atoms. The van der Waals surface area contributed by atoms with E-state index in [1.165, 1.54) is 12.1 Å². The molecule has 0 aliphatic carbocycles. The van der Waals surface area contributed by atoms with Crippen molar-refractivity contribution in [3.63, 3.8) is 0 Å². The Labute approximate surface area is 152 Å². The summed E-state index contributed by atoms with van der Waals surface area (Å²) in [5.74, 6) is 2.46. The Morgan fingerprint density at radius 2 is 1.85 bits per heavy atom. The topological polar surface area (TPSA) is 79.5 Å². The number of rotatable bonds is 7. The Morgan fingerprint density at radius 3 is 2.42 bits per heavy atom. The van der Waals surface area contributed by atoms with E-state index >= 15 is 0 Å². The van der Waals surface area contributed by atoms with E-state index in [1.54, 1.807) is 36.4 Å². The molecule has 130 valence electrons. The van der Waals surface area contributed by atoms with Crippen molar-refractivity contribution >= 4 is 17.6 Å². The van der Waals surface area contributed by atoms with Gasteiger partial charge in [0, 0.05) is 0 Å². The second-order valence-corrected chi connectivity index (χ2v) is 5.18. The van der Waals surface area contributed by atoms with Gasteiger partial charge in [-0.3, -0.25) is 0 Å². The molecule has 0 amide bonds. The summed E-state index contributed by atoms with van der Waals surface area (Å²) in [4.78, 5) is 10.9. The van der Waals surface area contributed by atoms with E-state index in [0.717, 1.165) is 5.56 Å². The number of terminal acetylenes is 1. The average molecular weight is 347 g/mol. The van der Waals surface area contributed by atoms with Crippen LogP contribution in [0.5, 0.6) is 11.5 Å². The SMILES string of the molecule is C#CCOc1ccc(/C=C(/C#N)c2ccc(C(=O)O)cc2)cc1OCC. The molecule has 0 aliphatic rings. The van der Waals surface area contributed by atoms with Crippen molar-refractivity contribution in [2.45, 2.75) is 6.92 Å². The summed E-state index contributed by atoms with van der Waals surface area (Å²) in [7, 11) is 0. The van der Waals surface area contributed by atoms with Gasteiger partial charge in [-0.05, 0) is 48.4 Å². The molecule has 0 fully saturated rings. The van der Waals surface area contributed by atoms with Gasteiger partial charge in [0.25, 0.3) is 0 Å². The van der Waals surface area contributed by atoms with Gasteiger partial charge in [-0.2, -0.15) is 5.26 Å². The first-order valence-electron chi connectivity index (χ1n) is 7.87. The number of carboxylic acids is 1. The number of nitrogens with zero attached hydrogens (tertiary/aromatic N) is 1. The lowest BCUT2D eigenvalue weighted by Crippen LogP contribution is -1.99. The monoisotopic (exact) mass is 347 g/mol. The maximum atomic E-state index is 10.9. The van der Waals surface area contributed by atoms with Crippen LogP contribution in [0.1, 0.15) is 28.4 Å². The van der Waals surface area contributed by atoms with Gasteiger partial charge in [0.15, 0.2) is 11.5 Å². The fourth-order valence-electron chi connectivity index (χ4n) is 2.26. The van der Waals surface area contributed by atoms with Gasteiger partial charge in [-0.1, -0.05) is 24.1 Å². The molecule has 2 aromatic carbocycles. The van der Waals surface area contributed by atoms with Crippen LogP contribution >= 0.6 is 0 Å². The minimum Gasteiger partial charge on any atom is -0.490 e. The minimum absolute atomic E-state index is 0.134. The van der Waals surface area contributed by atoms with Crippen LogP contribution in [0.15, 0.2) is 42.5 Å². The molecule has 1 N–H and O–H groups in total. The highest BCUT2D eigenvalue weighted by molar-refractivity contribution is 5.92. The van der Waals surface area contributed by atoms with Gasteiger partial charge in [-0.15, -0.1) is 6.42 Å². The number of benzene rings is 2. The molecule has 26 heavy (non-hydrogen) atoms. The first-order valence-corrected chi connectivity index (χ1v) is 7.87. The summed E-state index contributed by atoms with van der Waals surface area (Å²) in [5, 5.41) is 18.4. The third-order valence-electron chi connectivity index (χ3n) is 3.45. The van der Waals surface area contributed by atoms with E-state index in [2.05, 4.69) is 12.0 Å². The first-order chi connectivity index (χ1) is 12.6. The number of aromatic carboxylic acids is 1. The van der Waals surface area contributed by atoms with Crippen LogP contribution in [0.25, 0.3) is 11.6 Å². The standard InChI is InChI=1S/C21H17NO4/c1-3-11-26-19-10-5-15(13-20(19)25-4-2)12-18(14-22)16-6-8-17(9-7-16)21(23)24/h1,5-10,12-13H,4,11H2,2H3,(H,23,24)/b18-12-. The Balaban J connectivity index is 2.36. The fourth-order valence-corrected chi connectivity index (χ4v) is 2.26. The Kier molecular flexibility index (Phi) is 6.42. The van der Waals surface area contributed by atoms with Crippen molar-refractivity contribution in [1.29, 1.82) is 5.26 Å². The van der Waals surface area contributed by atoms with Crippen molar-refractivity contribution in [3.8, 4) is 29.9 Å². The molecular formula is C21H17NO4. The molecule has 5 nitrogen and oxygen atoms in total. The van der Waals surface area contributed by atoms with Crippen LogP contribution in [0.2, 0.25) is 0 Å². The summed E-state index contributed by atoms with van der Waals surface area (Å²) >= 11 is 0. The van der Waals surface area contributed by atoms with Crippen molar-refractivity contribution in [3.05, 3.63) is 59.2 Å². The minimum atomic E-state index is -1.01.